The van der Waals surface area contributed by atoms with E-state index in [4.69, 9.17) is 4.74 Å². The van der Waals surface area contributed by atoms with Crippen molar-refractivity contribution in [2.45, 2.75) is 0 Å². The molecule has 0 saturated carbocycles. The van der Waals surface area contributed by atoms with Crippen LogP contribution in [0, 0.1) is 0 Å². The van der Waals surface area contributed by atoms with Gasteiger partial charge in [0.25, 0.3) is 5.78 Å². The minimum Gasteiger partial charge on any atom is -0.465 e. The topological polar surface area (TPSA) is 72.6 Å². The molecule has 7 heteroatoms. The molecule has 0 atom stereocenters. The Morgan fingerprint density at radius 2 is 2.22 bits per heavy atom. The maximum atomic E-state index is 11.7. The fourth-order valence-electron chi connectivity index (χ4n) is 1.44. The van der Waals surface area contributed by atoms with Crippen LogP contribution in [0.4, 0.5) is 0 Å². The van der Waals surface area contributed by atoms with Crippen LogP contribution >= 0.6 is 0 Å². The van der Waals surface area contributed by atoms with Gasteiger partial charge in [0.2, 0.25) is 0 Å². The van der Waals surface area contributed by atoms with E-state index < -0.39 is 5.97 Å². The molecule has 2 heterocycles. The number of nitrogens with zero attached hydrogens (tertiary/aromatic N) is 5. The Bertz CT molecular complexity index is 602. The quantitative estimate of drug-likeness (QED) is 0.733. The maximum absolute atomic E-state index is 11.7. The summed E-state index contributed by atoms with van der Waals surface area (Å²) >= 11 is 0. The van der Waals surface area contributed by atoms with E-state index in [2.05, 4.69) is 15.1 Å². The van der Waals surface area contributed by atoms with Gasteiger partial charge in [-0.3, -0.25) is 0 Å². The van der Waals surface area contributed by atoms with Crippen LogP contribution in [0.15, 0.2) is 18.7 Å². The standard InChI is InChI=1S/C11H13N5O2/c1-15(2)5-4-9-8(10(17)18-3)6-12-11-13-7-14-16(9)11/h4-7H,1-3H3/b5-4+. The fraction of sp³-hybridized carbons (Fsp3) is 0.273. The first-order chi connectivity index (χ1) is 8.63. The van der Waals surface area contributed by atoms with Gasteiger partial charge in [-0.05, 0) is 6.08 Å². The van der Waals surface area contributed by atoms with Crippen molar-refractivity contribution >= 4 is 17.8 Å². The molecule has 94 valence electrons. The highest BCUT2D eigenvalue weighted by Gasteiger charge is 2.15. The first-order valence-electron chi connectivity index (χ1n) is 5.25. The Morgan fingerprint density at radius 3 is 2.89 bits per heavy atom. The summed E-state index contributed by atoms with van der Waals surface area (Å²) in [6.07, 6.45) is 6.39. The normalized spacial score (nSPS) is 11.1. The van der Waals surface area contributed by atoms with Gasteiger partial charge in [0.05, 0.1) is 12.8 Å². The predicted octanol–water partition coefficient (Wildman–Crippen LogP) is 0.443. The van der Waals surface area contributed by atoms with Crippen LogP contribution in [0.25, 0.3) is 11.9 Å². The van der Waals surface area contributed by atoms with E-state index in [1.54, 1.807) is 6.08 Å². The van der Waals surface area contributed by atoms with E-state index in [1.807, 2.05) is 25.2 Å². The molecule has 18 heavy (non-hydrogen) atoms. The average Bonchev–Trinajstić information content (AvgIpc) is 2.83. The molecule has 0 radical (unpaired) electrons. The highest BCUT2D eigenvalue weighted by molar-refractivity contribution is 5.92. The van der Waals surface area contributed by atoms with Crippen LogP contribution < -0.4 is 0 Å². The molecule has 0 spiro atoms. The Labute approximate surface area is 104 Å². The molecule has 0 aliphatic carbocycles. The van der Waals surface area contributed by atoms with Gasteiger partial charge in [0, 0.05) is 26.5 Å². The summed E-state index contributed by atoms with van der Waals surface area (Å²) in [7, 11) is 5.09. The minimum absolute atomic E-state index is 0.341. The molecule has 0 aromatic carbocycles. The maximum Gasteiger partial charge on any atom is 0.341 e. The summed E-state index contributed by atoms with van der Waals surface area (Å²) < 4.78 is 6.21. The molecular formula is C11H13N5O2. The number of esters is 1. The Hall–Kier alpha value is -2.44. The Balaban J connectivity index is 2.62. The van der Waals surface area contributed by atoms with Crippen LogP contribution in [0.2, 0.25) is 0 Å². The molecule has 2 rings (SSSR count). The Morgan fingerprint density at radius 1 is 1.44 bits per heavy atom. The molecule has 0 unspecified atom stereocenters. The van der Waals surface area contributed by atoms with Crippen molar-refractivity contribution in [2.75, 3.05) is 21.2 Å². The van der Waals surface area contributed by atoms with Crippen LogP contribution in [0.3, 0.4) is 0 Å². The third-order valence-electron chi connectivity index (χ3n) is 2.28. The van der Waals surface area contributed by atoms with Gasteiger partial charge < -0.3 is 9.64 Å². The second-order valence-corrected chi connectivity index (χ2v) is 3.80. The predicted molar refractivity (Wildman–Crippen MR) is 64.8 cm³/mol. The zero-order valence-corrected chi connectivity index (χ0v) is 10.4. The third-order valence-corrected chi connectivity index (χ3v) is 2.28. The molecule has 0 N–H and O–H groups in total. The van der Waals surface area contributed by atoms with Gasteiger partial charge in [0.1, 0.15) is 11.9 Å². The highest BCUT2D eigenvalue weighted by Crippen LogP contribution is 2.12. The fourth-order valence-corrected chi connectivity index (χ4v) is 1.44. The van der Waals surface area contributed by atoms with Crippen molar-refractivity contribution in [3.8, 4) is 0 Å². The summed E-state index contributed by atoms with van der Waals surface area (Å²) in [6.45, 7) is 0. The van der Waals surface area contributed by atoms with E-state index in [-0.39, 0.29) is 0 Å². The monoisotopic (exact) mass is 247 g/mol. The summed E-state index contributed by atoms with van der Waals surface area (Å²) in [5.74, 6) is -0.0284. The van der Waals surface area contributed by atoms with Crippen molar-refractivity contribution < 1.29 is 9.53 Å². The average molecular weight is 247 g/mol. The van der Waals surface area contributed by atoms with Gasteiger partial charge in [-0.2, -0.15) is 14.6 Å². The van der Waals surface area contributed by atoms with E-state index in [0.29, 0.717) is 17.0 Å². The number of ether oxygens (including phenoxy) is 1. The van der Waals surface area contributed by atoms with Crippen LogP contribution in [0.5, 0.6) is 0 Å². The molecule has 0 aliphatic rings. The second kappa shape index (κ2) is 4.82. The number of rotatable bonds is 3. The first kappa shape index (κ1) is 12.0. The third kappa shape index (κ3) is 2.15. The summed E-state index contributed by atoms with van der Waals surface area (Å²) in [5, 5.41) is 4.04. The zero-order chi connectivity index (χ0) is 13.1. The largest absolute Gasteiger partial charge is 0.465 e. The molecular weight excluding hydrogens is 234 g/mol. The van der Waals surface area contributed by atoms with Gasteiger partial charge in [-0.1, -0.05) is 0 Å². The smallest absolute Gasteiger partial charge is 0.341 e. The van der Waals surface area contributed by atoms with Crippen LogP contribution in [-0.4, -0.2) is 51.7 Å². The molecule has 0 fully saturated rings. The number of fused-ring (bicyclic) bond motifs is 1. The molecule has 0 bridgehead atoms. The van der Waals surface area contributed by atoms with Gasteiger partial charge >= 0.3 is 5.97 Å². The van der Waals surface area contributed by atoms with Crippen LogP contribution in [0.1, 0.15) is 16.1 Å². The van der Waals surface area contributed by atoms with Crippen molar-refractivity contribution in [3.63, 3.8) is 0 Å². The van der Waals surface area contributed by atoms with E-state index in [1.165, 1.54) is 24.1 Å². The number of aromatic nitrogens is 4. The molecule has 0 aliphatic heterocycles. The number of methoxy groups -OCH3 is 1. The van der Waals surface area contributed by atoms with Gasteiger partial charge in [0.15, 0.2) is 0 Å². The number of hydrogen-bond donors (Lipinski definition) is 0. The van der Waals surface area contributed by atoms with Crippen molar-refractivity contribution in [2.24, 2.45) is 0 Å². The van der Waals surface area contributed by atoms with Crippen molar-refractivity contribution in [1.29, 1.82) is 0 Å². The van der Waals surface area contributed by atoms with E-state index in [0.717, 1.165) is 0 Å². The first-order valence-corrected chi connectivity index (χ1v) is 5.25. The lowest BCUT2D eigenvalue weighted by Crippen LogP contribution is -2.10. The van der Waals surface area contributed by atoms with Crippen LogP contribution in [-0.2, 0) is 4.74 Å². The lowest BCUT2D eigenvalue weighted by Gasteiger charge is -2.07. The second-order valence-electron chi connectivity index (χ2n) is 3.80. The van der Waals surface area contributed by atoms with Gasteiger partial charge in [-0.15, -0.1) is 0 Å². The number of carbonyl (C=O) groups is 1. The SMILES string of the molecule is COC(=O)c1cnc2ncnn2c1/C=C/N(C)C. The van der Waals surface area contributed by atoms with E-state index >= 15 is 0 Å². The van der Waals surface area contributed by atoms with Gasteiger partial charge in [-0.25, -0.2) is 9.78 Å². The molecule has 0 saturated heterocycles. The zero-order valence-electron chi connectivity index (χ0n) is 10.4. The lowest BCUT2D eigenvalue weighted by atomic mass is 10.2. The lowest BCUT2D eigenvalue weighted by molar-refractivity contribution is 0.0599. The molecule has 2 aromatic rings. The summed E-state index contributed by atoms with van der Waals surface area (Å²) in [4.78, 5) is 21.5. The Kier molecular flexibility index (Phi) is 3.22. The summed E-state index contributed by atoms with van der Waals surface area (Å²) in [6, 6.07) is 0. The highest BCUT2D eigenvalue weighted by atomic mass is 16.5. The molecule has 2 aromatic heterocycles. The van der Waals surface area contributed by atoms with E-state index in [9.17, 15) is 4.79 Å². The molecule has 7 nitrogen and oxygen atoms in total. The minimum atomic E-state index is -0.460. The summed E-state index contributed by atoms with van der Waals surface area (Å²) in [5.41, 5.74) is 0.923. The van der Waals surface area contributed by atoms with Crippen molar-refractivity contribution in [3.05, 3.63) is 30.0 Å². The van der Waals surface area contributed by atoms with Crippen molar-refractivity contribution in [1.82, 2.24) is 24.5 Å². The molecule has 0 amide bonds. The number of carbonyl (C=O) groups excluding carboxylic acids is 1. The number of hydrogen-bond acceptors (Lipinski definition) is 6.